The van der Waals surface area contributed by atoms with Crippen molar-refractivity contribution in [3.8, 4) is 5.75 Å². The van der Waals surface area contributed by atoms with Crippen LogP contribution in [0.5, 0.6) is 5.75 Å². The van der Waals surface area contributed by atoms with Gasteiger partial charge in [-0.15, -0.1) is 0 Å². The van der Waals surface area contributed by atoms with E-state index >= 15 is 0 Å². The lowest BCUT2D eigenvalue weighted by atomic mass is 10.1. The molecule has 1 aliphatic rings. The molecule has 4 nitrogen and oxygen atoms in total. The second kappa shape index (κ2) is 7.65. The minimum atomic E-state index is -0.273. The zero-order valence-electron chi connectivity index (χ0n) is 15.0. The number of nitrogens with one attached hydrogen (secondary N) is 1. The Morgan fingerprint density at radius 1 is 1.24 bits per heavy atom. The summed E-state index contributed by atoms with van der Waals surface area (Å²) in [5.74, 6) is 0.866. The van der Waals surface area contributed by atoms with Gasteiger partial charge in [-0.2, -0.15) is 0 Å². The number of anilines is 1. The van der Waals surface area contributed by atoms with Crippen molar-refractivity contribution in [2.24, 2.45) is 0 Å². The number of rotatable bonds is 6. The highest BCUT2D eigenvalue weighted by Crippen LogP contribution is 2.24. The first-order chi connectivity index (χ1) is 11.9. The summed E-state index contributed by atoms with van der Waals surface area (Å²) in [6.07, 6.45) is 0. The first kappa shape index (κ1) is 18.1. The Balaban J connectivity index is 1.78. The molecule has 0 aliphatic carbocycles. The van der Waals surface area contributed by atoms with Crippen LogP contribution < -0.4 is 15.0 Å². The maximum absolute atomic E-state index is 6.21. The van der Waals surface area contributed by atoms with Crippen LogP contribution in [0.25, 0.3) is 0 Å². The third-order valence-electron chi connectivity index (χ3n) is 4.34. The zero-order chi connectivity index (χ0) is 17.9. The van der Waals surface area contributed by atoms with Crippen LogP contribution in [0, 0.1) is 0 Å². The van der Waals surface area contributed by atoms with Crippen LogP contribution in [0.4, 0.5) is 5.69 Å². The van der Waals surface area contributed by atoms with Crippen LogP contribution in [-0.4, -0.2) is 32.0 Å². The van der Waals surface area contributed by atoms with E-state index in [9.17, 15) is 0 Å². The van der Waals surface area contributed by atoms with Gasteiger partial charge in [-0.1, -0.05) is 29.8 Å². The Hall–Kier alpha value is -1.75. The summed E-state index contributed by atoms with van der Waals surface area (Å²) in [4.78, 5) is 2.33. The lowest BCUT2D eigenvalue weighted by molar-refractivity contribution is 0.0231. The summed E-state index contributed by atoms with van der Waals surface area (Å²) in [6.45, 7) is 6.45. The highest BCUT2D eigenvalue weighted by Gasteiger charge is 2.31. The molecule has 1 atom stereocenters. The van der Waals surface area contributed by atoms with Gasteiger partial charge >= 0.3 is 0 Å². The molecule has 2 aromatic rings. The van der Waals surface area contributed by atoms with Crippen molar-refractivity contribution in [3.63, 3.8) is 0 Å². The third-order valence-corrected chi connectivity index (χ3v) is 4.58. The van der Waals surface area contributed by atoms with E-state index in [1.807, 2.05) is 30.3 Å². The lowest BCUT2D eigenvalue weighted by Crippen LogP contribution is -2.44. The summed E-state index contributed by atoms with van der Waals surface area (Å²) in [6, 6.07) is 16.4. The van der Waals surface area contributed by atoms with Gasteiger partial charge < -0.3 is 14.4 Å². The van der Waals surface area contributed by atoms with Crippen LogP contribution in [0.2, 0.25) is 5.02 Å². The van der Waals surface area contributed by atoms with E-state index in [-0.39, 0.29) is 11.8 Å². The quantitative estimate of drug-likeness (QED) is 0.841. The fraction of sp³-hybridized carbons (Fsp3) is 0.400. The predicted octanol–water partition coefficient (Wildman–Crippen LogP) is 4.08. The highest BCUT2D eigenvalue weighted by atomic mass is 35.5. The molecule has 25 heavy (non-hydrogen) atoms. The molecule has 134 valence electrons. The summed E-state index contributed by atoms with van der Waals surface area (Å²) < 4.78 is 11.1. The van der Waals surface area contributed by atoms with Crippen molar-refractivity contribution >= 4 is 17.3 Å². The SMILES string of the molecule is COc1ccc(CN(C[C@H]2COC(C)(C)N2)c2cccc(Cl)c2)cc1. The van der Waals surface area contributed by atoms with Gasteiger partial charge in [-0.05, 0) is 49.7 Å². The Bertz CT molecular complexity index is 703. The summed E-state index contributed by atoms with van der Waals surface area (Å²) in [5.41, 5.74) is 2.05. The number of nitrogens with zero attached hydrogens (tertiary/aromatic N) is 1. The monoisotopic (exact) mass is 360 g/mol. The van der Waals surface area contributed by atoms with Gasteiger partial charge in [0, 0.05) is 23.8 Å². The average molecular weight is 361 g/mol. The summed E-state index contributed by atoms with van der Waals surface area (Å²) in [5, 5.41) is 4.28. The molecule has 0 aromatic heterocycles. The maximum atomic E-state index is 6.21. The molecular formula is C20H25ClN2O2. The molecule has 1 heterocycles. The molecular weight excluding hydrogens is 336 g/mol. The van der Waals surface area contributed by atoms with Gasteiger partial charge in [0.05, 0.1) is 19.8 Å². The summed E-state index contributed by atoms with van der Waals surface area (Å²) in [7, 11) is 1.68. The van der Waals surface area contributed by atoms with Crippen LogP contribution in [0.1, 0.15) is 19.4 Å². The fourth-order valence-electron chi connectivity index (χ4n) is 3.13. The molecule has 1 fully saturated rings. The van der Waals surface area contributed by atoms with Gasteiger partial charge in [0.1, 0.15) is 11.5 Å². The molecule has 5 heteroatoms. The molecule has 0 radical (unpaired) electrons. The average Bonchev–Trinajstić information content (AvgIpc) is 2.93. The molecule has 0 amide bonds. The van der Waals surface area contributed by atoms with Crippen molar-refractivity contribution in [1.29, 1.82) is 0 Å². The first-order valence-electron chi connectivity index (χ1n) is 8.50. The van der Waals surface area contributed by atoms with Crippen molar-refractivity contribution in [2.75, 3.05) is 25.2 Å². The molecule has 1 aliphatic heterocycles. The van der Waals surface area contributed by atoms with Gasteiger partial charge in [-0.25, -0.2) is 0 Å². The maximum Gasteiger partial charge on any atom is 0.118 e. The zero-order valence-corrected chi connectivity index (χ0v) is 15.7. The lowest BCUT2D eigenvalue weighted by Gasteiger charge is -2.28. The summed E-state index contributed by atoms with van der Waals surface area (Å²) >= 11 is 6.21. The molecule has 0 spiro atoms. The first-order valence-corrected chi connectivity index (χ1v) is 8.88. The second-order valence-electron chi connectivity index (χ2n) is 6.87. The largest absolute Gasteiger partial charge is 0.497 e. The molecule has 0 unspecified atom stereocenters. The standard InChI is InChI=1S/C20H25ClN2O2/c1-20(2)22-17(14-25-20)13-23(18-6-4-5-16(21)11-18)12-15-7-9-19(24-3)10-8-15/h4-11,17,22H,12-14H2,1-3H3/t17-/m0/s1. The van der Waals surface area contributed by atoms with E-state index in [1.54, 1.807) is 7.11 Å². The van der Waals surface area contributed by atoms with E-state index in [2.05, 4.69) is 42.3 Å². The molecule has 2 aromatic carbocycles. The van der Waals surface area contributed by atoms with Crippen molar-refractivity contribution in [3.05, 3.63) is 59.1 Å². The van der Waals surface area contributed by atoms with Gasteiger partial charge in [-0.3, -0.25) is 5.32 Å². The molecule has 1 N–H and O–H groups in total. The van der Waals surface area contributed by atoms with Gasteiger partial charge in [0.2, 0.25) is 0 Å². The Labute approximate surface area is 154 Å². The van der Waals surface area contributed by atoms with Crippen LogP contribution in [0.3, 0.4) is 0 Å². The van der Waals surface area contributed by atoms with Crippen molar-refractivity contribution < 1.29 is 9.47 Å². The molecule has 0 bridgehead atoms. The smallest absolute Gasteiger partial charge is 0.118 e. The van der Waals surface area contributed by atoms with E-state index in [0.29, 0.717) is 6.61 Å². The Morgan fingerprint density at radius 2 is 2.00 bits per heavy atom. The number of halogens is 1. The van der Waals surface area contributed by atoms with Crippen LogP contribution in [-0.2, 0) is 11.3 Å². The van der Waals surface area contributed by atoms with Crippen molar-refractivity contribution in [2.45, 2.75) is 32.2 Å². The number of hydrogen-bond donors (Lipinski definition) is 1. The Kier molecular flexibility index (Phi) is 5.52. The Morgan fingerprint density at radius 3 is 2.60 bits per heavy atom. The number of ether oxygens (including phenoxy) is 2. The predicted molar refractivity (Wildman–Crippen MR) is 102 cm³/mol. The van der Waals surface area contributed by atoms with E-state index < -0.39 is 0 Å². The fourth-order valence-corrected chi connectivity index (χ4v) is 3.32. The normalized spacial score (nSPS) is 19.0. The third kappa shape index (κ3) is 4.88. The minimum Gasteiger partial charge on any atom is -0.497 e. The van der Waals surface area contributed by atoms with E-state index in [4.69, 9.17) is 21.1 Å². The number of benzene rings is 2. The van der Waals surface area contributed by atoms with Crippen molar-refractivity contribution in [1.82, 2.24) is 5.32 Å². The van der Waals surface area contributed by atoms with Crippen LogP contribution >= 0.6 is 11.6 Å². The van der Waals surface area contributed by atoms with Crippen LogP contribution in [0.15, 0.2) is 48.5 Å². The topological polar surface area (TPSA) is 33.7 Å². The number of methoxy groups -OCH3 is 1. The second-order valence-corrected chi connectivity index (χ2v) is 7.31. The molecule has 1 saturated heterocycles. The van der Waals surface area contributed by atoms with Gasteiger partial charge in [0.15, 0.2) is 0 Å². The van der Waals surface area contributed by atoms with Gasteiger partial charge in [0.25, 0.3) is 0 Å². The van der Waals surface area contributed by atoms with E-state index in [1.165, 1.54) is 5.56 Å². The minimum absolute atomic E-state index is 0.271. The molecule has 0 saturated carbocycles. The van der Waals surface area contributed by atoms with E-state index in [0.717, 1.165) is 29.5 Å². The molecule has 3 rings (SSSR count). The number of hydrogen-bond acceptors (Lipinski definition) is 4. The highest BCUT2D eigenvalue weighted by molar-refractivity contribution is 6.30.